The van der Waals surface area contributed by atoms with Crippen LogP contribution >= 0.6 is 0 Å². The molecule has 1 N–H and O–H groups in total. The molecule has 0 spiro atoms. The van der Waals surface area contributed by atoms with Crippen LogP contribution in [0.4, 0.5) is 5.69 Å². The second-order valence-electron chi connectivity index (χ2n) is 6.14. The summed E-state index contributed by atoms with van der Waals surface area (Å²) in [6.07, 6.45) is 5.38. The molecular formula is C21H21N3O3. The van der Waals surface area contributed by atoms with Gasteiger partial charge in [0.1, 0.15) is 0 Å². The van der Waals surface area contributed by atoms with Gasteiger partial charge in [-0.15, -0.1) is 0 Å². The Labute approximate surface area is 157 Å². The Balaban J connectivity index is 1.67. The van der Waals surface area contributed by atoms with E-state index in [1.54, 1.807) is 49.8 Å². The fourth-order valence-corrected chi connectivity index (χ4v) is 2.69. The number of amides is 1. The largest absolute Gasteiger partial charge is 0.462 e. The van der Waals surface area contributed by atoms with Crippen LogP contribution in [-0.4, -0.2) is 28.0 Å². The second-order valence-corrected chi connectivity index (χ2v) is 6.14. The Bertz CT molecular complexity index is 932. The van der Waals surface area contributed by atoms with Crippen LogP contribution in [0, 0.1) is 6.92 Å². The molecule has 6 heteroatoms. The Kier molecular flexibility index (Phi) is 5.66. The zero-order valence-electron chi connectivity index (χ0n) is 15.3. The number of benzene rings is 2. The molecule has 1 aromatic heterocycles. The van der Waals surface area contributed by atoms with Gasteiger partial charge < -0.3 is 14.6 Å². The molecule has 27 heavy (non-hydrogen) atoms. The van der Waals surface area contributed by atoms with E-state index in [0.29, 0.717) is 30.0 Å². The Morgan fingerprint density at radius 2 is 1.85 bits per heavy atom. The number of ether oxygens (including phenoxy) is 1. The van der Waals surface area contributed by atoms with Crippen LogP contribution in [0.5, 0.6) is 0 Å². The summed E-state index contributed by atoms with van der Waals surface area (Å²) >= 11 is 0. The number of aromatic nitrogens is 2. The maximum absolute atomic E-state index is 12.5. The third kappa shape index (κ3) is 4.61. The average molecular weight is 363 g/mol. The lowest BCUT2D eigenvalue weighted by atomic mass is 10.1. The van der Waals surface area contributed by atoms with Crippen molar-refractivity contribution in [2.75, 3.05) is 11.9 Å². The van der Waals surface area contributed by atoms with Crippen LogP contribution in [0.15, 0.2) is 61.2 Å². The molecule has 0 fully saturated rings. The third-order valence-electron chi connectivity index (χ3n) is 4.13. The number of nitrogens with one attached hydrogen (secondary N) is 1. The van der Waals surface area contributed by atoms with Gasteiger partial charge in [-0.2, -0.15) is 0 Å². The van der Waals surface area contributed by atoms with Crippen LogP contribution < -0.4 is 5.32 Å². The van der Waals surface area contributed by atoms with Gasteiger partial charge in [0.25, 0.3) is 5.91 Å². The first-order chi connectivity index (χ1) is 13.1. The van der Waals surface area contributed by atoms with Crippen molar-refractivity contribution in [2.24, 2.45) is 0 Å². The predicted molar refractivity (Wildman–Crippen MR) is 103 cm³/mol. The highest BCUT2D eigenvalue weighted by atomic mass is 16.5. The molecule has 0 bridgehead atoms. The van der Waals surface area contributed by atoms with Crippen LogP contribution in [0.1, 0.15) is 38.8 Å². The van der Waals surface area contributed by atoms with E-state index in [9.17, 15) is 9.59 Å². The van der Waals surface area contributed by atoms with E-state index in [0.717, 1.165) is 11.1 Å². The minimum atomic E-state index is -0.369. The smallest absolute Gasteiger partial charge is 0.338 e. The van der Waals surface area contributed by atoms with E-state index in [4.69, 9.17) is 4.74 Å². The molecule has 0 saturated heterocycles. The fraction of sp³-hybridized carbons (Fsp3) is 0.190. The molecule has 0 unspecified atom stereocenters. The quantitative estimate of drug-likeness (QED) is 0.678. The van der Waals surface area contributed by atoms with Crippen molar-refractivity contribution in [1.29, 1.82) is 0 Å². The van der Waals surface area contributed by atoms with E-state index >= 15 is 0 Å². The lowest BCUT2D eigenvalue weighted by Gasteiger charge is -2.11. The summed E-state index contributed by atoms with van der Waals surface area (Å²) in [4.78, 5) is 28.3. The highest BCUT2D eigenvalue weighted by Gasteiger charge is 2.11. The first-order valence-corrected chi connectivity index (χ1v) is 8.70. The van der Waals surface area contributed by atoms with Gasteiger partial charge in [0.15, 0.2) is 0 Å². The molecular weight excluding hydrogens is 342 g/mol. The van der Waals surface area contributed by atoms with E-state index in [1.807, 2.05) is 29.8 Å². The number of rotatable bonds is 6. The summed E-state index contributed by atoms with van der Waals surface area (Å²) in [6.45, 7) is 4.64. The molecule has 0 atom stereocenters. The molecule has 138 valence electrons. The molecule has 2 aromatic carbocycles. The normalized spacial score (nSPS) is 10.4. The number of hydrogen-bond acceptors (Lipinski definition) is 4. The van der Waals surface area contributed by atoms with Gasteiger partial charge in [-0.25, -0.2) is 9.78 Å². The van der Waals surface area contributed by atoms with E-state index in [1.165, 1.54) is 0 Å². The van der Waals surface area contributed by atoms with Gasteiger partial charge in [0.05, 0.1) is 18.5 Å². The van der Waals surface area contributed by atoms with Crippen molar-refractivity contribution < 1.29 is 14.3 Å². The maximum Gasteiger partial charge on any atom is 0.338 e. The van der Waals surface area contributed by atoms with Crippen molar-refractivity contribution in [1.82, 2.24) is 9.55 Å². The van der Waals surface area contributed by atoms with E-state index in [2.05, 4.69) is 10.3 Å². The molecule has 0 aliphatic rings. The number of anilines is 1. The fourth-order valence-electron chi connectivity index (χ4n) is 2.69. The Morgan fingerprint density at radius 1 is 1.11 bits per heavy atom. The van der Waals surface area contributed by atoms with Crippen LogP contribution in [0.2, 0.25) is 0 Å². The summed E-state index contributed by atoms with van der Waals surface area (Å²) < 4.78 is 6.95. The molecule has 0 aliphatic carbocycles. The summed E-state index contributed by atoms with van der Waals surface area (Å²) in [5.41, 5.74) is 3.58. The lowest BCUT2D eigenvalue weighted by Crippen LogP contribution is -2.13. The molecule has 0 radical (unpaired) electrons. The van der Waals surface area contributed by atoms with E-state index < -0.39 is 0 Å². The van der Waals surface area contributed by atoms with Gasteiger partial charge in [0, 0.05) is 30.2 Å². The monoisotopic (exact) mass is 363 g/mol. The van der Waals surface area contributed by atoms with Crippen molar-refractivity contribution in [3.05, 3.63) is 83.4 Å². The molecule has 3 aromatic rings. The molecule has 6 nitrogen and oxygen atoms in total. The van der Waals surface area contributed by atoms with Crippen molar-refractivity contribution in [2.45, 2.75) is 20.4 Å². The number of aryl methyl sites for hydroxylation is 1. The van der Waals surface area contributed by atoms with Gasteiger partial charge >= 0.3 is 5.97 Å². The van der Waals surface area contributed by atoms with Crippen molar-refractivity contribution in [3.63, 3.8) is 0 Å². The van der Waals surface area contributed by atoms with Gasteiger partial charge in [-0.3, -0.25) is 4.79 Å². The summed E-state index contributed by atoms with van der Waals surface area (Å²) in [5.74, 6) is -0.567. The number of esters is 1. The van der Waals surface area contributed by atoms with Crippen LogP contribution in [-0.2, 0) is 11.3 Å². The third-order valence-corrected chi connectivity index (χ3v) is 4.13. The molecule has 1 amide bonds. The van der Waals surface area contributed by atoms with Gasteiger partial charge in [-0.1, -0.05) is 12.1 Å². The predicted octanol–water partition coefficient (Wildman–Crippen LogP) is 3.67. The molecule has 1 heterocycles. The maximum atomic E-state index is 12.5. The molecule has 3 rings (SSSR count). The highest BCUT2D eigenvalue weighted by molar-refractivity contribution is 6.05. The van der Waals surface area contributed by atoms with Gasteiger partial charge in [-0.05, 0) is 55.3 Å². The minimum absolute atomic E-state index is 0.198. The number of imidazole rings is 1. The van der Waals surface area contributed by atoms with E-state index in [-0.39, 0.29) is 11.9 Å². The SMILES string of the molecule is CCOC(=O)c1ccc(NC(=O)c2ccc(Cn3ccnc3)cc2)c(C)c1. The summed E-state index contributed by atoms with van der Waals surface area (Å²) in [5, 5.41) is 2.88. The van der Waals surface area contributed by atoms with Crippen LogP contribution in [0.3, 0.4) is 0 Å². The topological polar surface area (TPSA) is 73.2 Å². The zero-order chi connectivity index (χ0) is 19.2. The number of nitrogens with zero attached hydrogens (tertiary/aromatic N) is 2. The number of carbonyl (C=O) groups excluding carboxylic acids is 2. The zero-order valence-corrected chi connectivity index (χ0v) is 15.3. The first-order valence-electron chi connectivity index (χ1n) is 8.70. The highest BCUT2D eigenvalue weighted by Crippen LogP contribution is 2.18. The van der Waals surface area contributed by atoms with Gasteiger partial charge in [0.2, 0.25) is 0 Å². The Hall–Kier alpha value is -3.41. The second kappa shape index (κ2) is 8.31. The minimum Gasteiger partial charge on any atom is -0.462 e. The van der Waals surface area contributed by atoms with Crippen molar-refractivity contribution in [3.8, 4) is 0 Å². The molecule has 0 saturated carbocycles. The standard InChI is InChI=1S/C21H21N3O3/c1-3-27-21(26)18-8-9-19(15(2)12-18)23-20(25)17-6-4-16(5-7-17)13-24-11-10-22-14-24/h4-12,14H,3,13H2,1-2H3,(H,23,25). The number of carbonyl (C=O) groups is 2. The molecule has 0 aliphatic heterocycles. The van der Waals surface area contributed by atoms with Crippen LogP contribution in [0.25, 0.3) is 0 Å². The summed E-state index contributed by atoms with van der Waals surface area (Å²) in [7, 11) is 0. The number of hydrogen-bond donors (Lipinski definition) is 1. The Morgan fingerprint density at radius 3 is 2.48 bits per heavy atom. The summed E-state index contributed by atoms with van der Waals surface area (Å²) in [6, 6.07) is 12.5. The average Bonchev–Trinajstić information content (AvgIpc) is 3.17. The first kappa shape index (κ1) is 18.4. The lowest BCUT2D eigenvalue weighted by molar-refractivity contribution is 0.0526. The van der Waals surface area contributed by atoms with Crippen molar-refractivity contribution >= 4 is 17.6 Å².